The van der Waals surface area contributed by atoms with Crippen LogP contribution in [0.25, 0.3) is 0 Å². The first-order valence-electron chi connectivity index (χ1n) is 14.0. The molecule has 0 aromatic heterocycles. The maximum absolute atomic E-state index is 14.3. The van der Waals surface area contributed by atoms with Crippen molar-refractivity contribution >= 4 is 28.8 Å². The van der Waals surface area contributed by atoms with Gasteiger partial charge in [-0.2, -0.15) is 10.5 Å². The molecule has 7 heteroatoms. The highest BCUT2D eigenvalue weighted by atomic mass is 16.1. The lowest BCUT2D eigenvalue weighted by atomic mass is 9.79. The molecule has 4 aromatic rings. The molecule has 0 saturated heterocycles. The monoisotopic (exact) mass is 571 g/mol. The molecule has 2 atom stereocenters. The van der Waals surface area contributed by atoms with E-state index in [-0.39, 0.29) is 44.5 Å². The summed E-state index contributed by atoms with van der Waals surface area (Å²) in [6.45, 7) is 1.90. The first-order valence-corrected chi connectivity index (χ1v) is 14.0. The summed E-state index contributed by atoms with van der Waals surface area (Å²) >= 11 is 0. The molecule has 0 amide bonds. The fraction of sp³-hybridized carbons (Fsp3) is 0.0811. The van der Waals surface area contributed by atoms with Crippen molar-refractivity contribution < 1.29 is 19.2 Å². The van der Waals surface area contributed by atoms with Gasteiger partial charge in [0.15, 0.2) is 11.6 Å². The van der Waals surface area contributed by atoms with E-state index in [2.05, 4.69) is 0 Å². The van der Waals surface area contributed by atoms with E-state index in [9.17, 15) is 29.7 Å². The Balaban J connectivity index is 1.56. The second-order valence-electron chi connectivity index (χ2n) is 10.9. The molecule has 2 aliphatic carbocycles. The van der Waals surface area contributed by atoms with Crippen LogP contribution in [0.2, 0.25) is 0 Å². The van der Waals surface area contributed by atoms with E-state index in [0.29, 0.717) is 16.8 Å². The molecule has 2 unspecified atom stereocenters. The summed E-state index contributed by atoms with van der Waals surface area (Å²) in [5.74, 6) is -2.06. The zero-order valence-electron chi connectivity index (χ0n) is 23.4. The van der Waals surface area contributed by atoms with Crippen LogP contribution in [0.5, 0.6) is 0 Å². The largest absolute Gasteiger partial charge is 0.349 e. The zero-order chi connectivity index (χ0) is 30.7. The second-order valence-corrected chi connectivity index (χ2v) is 10.9. The van der Waals surface area contributed by atoms with Crippen molar-refractivity contribution in [2.45, 2.75) is 19.0 Å². The Labute approximate surface area is 252 Å². The van der Waals surface area contributed by atoms with Gasteiger partial charge < -0.3 is 4.90 Å². The molecule has 208 valence electrons. The lowest BCUT2D eigenvalue weighted by Gasteiger charge is -2.37. The quantitative estimate of drug-likeness (QED) is 0.279. The first kappa shape index (κ1) is 26.7. The van der Waals surface area contributed by atoms with E-state index in [4.69, 9.17) is 0 Å². The van der Waals surface area contributed by atoms with Crippen molar-refractivity contribution in [1.82, 2.24) is 0 Å². The molecule has 44 heavy (non-hydrogen) atoms. The number of hydrogen-bond donors (Lipinski definition) is 0. The Kier molecular flexibility index (Phi) is 6.05. The van der Waals surface area contributed by atoms with Crippen LogP contribution in [-0.4, -0.2) is 23.1 Å². The van der Waals surface area contributed by atoms with Gasteiger partial charge in [0.2, 0.25) is 11.6 Å². The first-order chi connectivity index (χ1) is 21.4. The molecule has 7 rings (SSSR count). The Bertz CT molecular complexity index is 2030. The summed E-state index contributed by atoms with van der Waals surface area (Å²) < 4.78 is 0. The normalized spacial score (nSPS) is 18.9. The second kappa shape index (κ2) is 9.97. The third-order valence-corrected chi connectivity index (χ3v) is 8.53. The van der Waals surface area contributed by atoms with Crippen molar-refractivity contribution in [1.29, 1.82) is 10.5 Å². The fourth-order valence-electron chi connectivity index (χ4n) is 6.67. The van der Waals surface area contributed by atoms with Crippen molar-refractivity contribution in [3.63, 3.8) is 0 Å². The van der Waals surface area contributed by atoms with Gasteiger partial charge in [-0.3, -0.25) is 19.2 Å². The number of nitriles is 2. The van der Waals surface area contributed by atoms with Crippen LogP contribution < -0.4 is 4.90 Å². The zero-order valence-corrected chi connectivity index (χ0v) is 23.4. The molecule has 0 spiro atoms. The number of carbonyl (C=O) groups is 4. The maximum atomic E-state index is 14.3. The average molecular weight is 572 g/mol. The van der Waals surface area contributed by atoms with Crippen LogP contribution in [0.15, 0.2) is 119 Å². The molecular weight excluding hydrogens is 550 g/mol. The van der Waals surface area contributed by atoms with Gasteiger partial charge in [0.25, 0.3) is 0 Å². The van der Waals surface area contributed by atoms with Gasteiger partial charge in [-0.1, -0.05) is 84.9 Å². The van der Waals surface area contributed by atoms with Gasteiger partial charge in [0.05, 0.1) is 12.1 Å². The van der Waals surface area contributed by atoms with Crippen molar-refractivity contribution in [2.75, 3.05) is 4.90 Å². The number of fused-ring (bicyclic) bond motifs is 3. The Hall–Kier alpha value is -6.18. The van der Waals surface area contributed by atoms with Crippen LogP contribution in [0.4, 0.5) is 5.69 Å². The minimum Gasteiger partial charge on any atom is -0.349 e. The molecule has 0 saturated carbocycles. The van der Waals surface area contributed by atoms with Crippen LogP contribution in [0, 0.1) is 29.6 Å². The van der Waals surface area contributed by atoms with Gasteiger partial charge >= 0.3 is 0 Å². The van der Waals surface area contributed by atoms with E-state index in [0.717, 1.165) is 5.56 Å². The smallest absolute Gasteiger partial charge is 0.204 e. The summed E-state index contributed by atoms with van der Waals surface area (Å²) in [5, 5.41) is 20.6. The van der Waals surface area contributed by atoms with Crippen LogP contribution >= 0.6 is 0 Å². The summed E-state index contributed by atoms with van der Waals surface area (Å²) in [5.41, 5.74) is 2.74. The van der Waals surface area contributed by atoms with Gasteiger partial charge in [-0.25, -0.2) is 0 Å². The van der Waals surface area contributed by atoms with E-state index in [1.54, 1.807) is 65.6 Å². The average Bonchev–Trinajstić information content (AvgIpc) is 3.38. The Morgan fingerprint density at radius 3 is 1.36 bits per heavy atom. The van der Waals surface area contributed by atoms with Crippen molar-refractivity contribution in [3.05, 3.63) is 158 Å². The van der Waals surface area contributed by atoms with Gasteiger partial charge in [0.1, 0.15) is 23.3 Å². The molecule has 4 aromatic carbocycles. The topological polar surface area (TPSA) is 119 Å². The number of allylic oxidation sites excluding steroid dienone is 2. The van der Waals surface area contributed by atoms with E-state index >= 15 is 0 Å². The number of benzene rings is 4. The molecule has 0 fully saturated rings. The fourth-order valence-corrected chi connectivity index (χ4v) is 6.67. The summed E-state index contributed by atoms with van der Waals surface area (Å²) in [6, 6.07) is 29.4. The van der Waals surface area contributed by atoms with E-state index < -0.39 is 35.2 Å². The predicted molar refractivity (Wildman–Crippen MR) is 161 cm³/mol. The van der Waals surface area contributed by atoms with Crippen LogP contribution in [-0.2, 0) is 0 Å². The molecule has 1 aliphatic heterocycles. The Morgan fingerprint density at radius 1 is 0.545 bits per heavy atom. The highest BCUT2D eigenvalue weighted by Crippen LogP contribution is 2.54. The number of ketones is 4. The highest BCUT2D eigenvalue weighted by molar-refractivity contribution is 6.30. The molecule has 7 nitrogen and oxygen atoms in total. The third kappa shape index (κ3) is 3.67. The van der Waals surface area contributed by atoms with E-state index in [1.165, 1.54) is 12.1 Å². The summed E-state index contributed by atoms with van der Waals surface area (Å²) in [4.78, 5) is 57.7. The standard InChI is InChI=1S/C37H21N3O4/c1-20-9-8-10-21(17-20)40-32(30-28(18-38)34(41)24-13-4-6-15-26(24)36(30)43)22-11-2-3-12-23(22)33(40)31-29(19-39)35(42)25-14-5-7-16-27(25)37(31)44/h2-17,32-33H,1H3. The van der Waals surface area contributed by atoms with Gasteiger partial charge in [0, 0.05) is 39.1 Å². The SMILES string of the molecule is Cc1cccc(N2C(C3=C(C#N)C(=O)c4ccccc4C3=O)c3ccccc3C2C2=C(C#N)C(=O)c3ccccc3C2=O)c1. The van der Waals surface area contributed by atoms with Gasteiger partial charge in [-0.15, -0.1) is 0 Å². The molecule has 1 heterocycles. The minimum absolute atomic E-state index is 0.0123. The molecule has 0 N–H and O–H groups in total. The summed E-state index contributed by atoms with van der Waals surface area (Å²) in [7, 11) is 0. The minimum atomic E-state index is -0.982. The maximum Gasteiger partial charge on any atom is 0.204 e. The Morgan fingerprint density at radius 2 is 0.955 bits per heavy atom. The molecule has 0 bridgehead atoms. The van der Waals surface area contributed by atoms with Crippen LogP contribution in [0.1, 0.15) is 70.2 Å². The van der Waals surface area contributed by atoms with Gasteiger partial charge in [-0.05, 0) is 35.7 Å². The molecule has 3 aliphatic rings. The lowest BCUT2D eigenvalue weighted by molar-refractivity contribution is 0.0969. The number of Topliss-reactive ketones (excluding diaryl/α,β-unsaturated/α-hetero) is 4. The third-order valence-electron chi connectivity index (χ3n) is 8.53. The molecular formula is C37H21N3O4. The number of anilines is 1. The number of carbonyl (C=O) groups excluding carboxylic acids is 4. The molecule has 0 radical (unpaired) electrons. The predicted octanol–water partition coefficient (Wildman–Crippen LogP) is 6.40. The number of nitrogens with zero attached hydrogens (tertiary/aromatic N) is 3. The number of hydrogen-bond acceptors (Lipinski definition) is 7. The summed E-state index contributed by atoms with van der Waals surface area (Å²) in [6.07, 6.45) is 0. The number of aryl methyl sites for hydroxylation is 1. The van der Waals surface area contributed by atoms with Crippen molar-refractivity contribution in [3.8, 4) is 12.1 Å². The number of rotatable bonds is 3. The van der Waals surface area contributed by atoms with Crippen LogP contribution in [0.3, 0.4) is 0 Å². The highest BCUT2D eigenvalue weighted by Gasteiger charge is 2.50. The lowest BCUT2D eigenvalue weighted by Crippen LogP contribution is -2.36. The van der Waals surface area contributed by atoms with E-state index in [1.807, 2.05) is 43.3 Å². The van der Waals surface area contributed by atoms with Crippen molar-refractivity contribution in [2.24, 2.45) is 0 Å².